The monoisotopic (exact) mass is 441 g/mol. The molecule has 0 saturated carbocycles. The first-order valence-electron chi connectivity index (χ1n) is 7.81. The number of methoxy groups -OCH3 is 2. The molecule has 0 aliphatic rings. The second-order valence-electron chi connectivity index (χ2n) is 5.41. The molecular formula is C18H20BrNO5S. The zero-order chi connectivity index (χ0) is 19.2. The molecule has 8 heteroatoms. The molecule has 2 aromatic carbocycles. The van der Waals surface area contributed by atoms with E-state index in [0.29, 0.717) is 23.5 Å². The smallest absolute Gasteiger partial charge is 0.240 e. The van der Waals surface area contributed by atoms with Gasteiger partial charge in [0, 0.05) is 12.1 Å². The van der Waals surface area contributed by atoms with Gasteiger partial charge in [0.15, 0.2) is 5.78 Å². The van der Waals surface area contributed by atoms with E-state index in [4.69, 9.17) is 9.47 Å². The zero-order valence-corrected chi connectivity index (χ0v) is 16.9. The Morgan fingerprint density at radius 1 is 1.08 bits per heavy atom. The minimum absolute atomic E-state index is 0.105. The second kappa shape index (κ2) is 9.16. The summed E-state index contributed by atoms with van der Waals surface area (Å²) in [7, 11) is -0.531. The number of hydrogen-bond donors (Lipinski definition) is 1. The van der Waals surface area contributed by atoms with Crippen LogP contribution in [0.5, 0.6) is 11.5 Å². The lowest BCUT2D eigenvalue weighted by molar-refractivity contribution is 0.102. The first-order valence-corrected chi connectivity index (χ1v) is 10.4. The maximum Gasteiger partial charge on any atom is 0.240 e. The molecule has 0 spiro atoms. The van der Waals surface area contributed by atoms with Gasteiger partial charge in [0.25, 0.3) is 0 Å². The van der Waals surface area contributed by atoms with Gasteiger partial charge in [0.2, 0.25) is 10.0 Å². The highest BCUT2D eigenvalue weighted by atomic mass is 79.9. The number of rotatable bonds is 9. The van der Waals surface area contributed by atoms with E-state index < -0.39 is 10.0 Å². The molecular weight excluding hydrogens is 422 g/mol. The van der Waals surface area contributed by atoms with Crippen LogP contribution in [0.3, 0.4) is 0 Å². The number of sulfonamides is 1. The molecule has 2 aromatic rings. The summed E-state index contributed by atoms with van der Waals surface area (Å²) in [5.41, 5.74) is 1.30. The summed E-state index contributed by atoms with van der Waals surface area (Å²) in [5.74, 6) is 1.24. The van der Waals surface area contributed by atoms with E-state index in [1.807, 2.05) is 6.07 Å². The van der Waals surface area contributed by atoms with Crippen molar-refractivity contribution in [3.05, 3.63) is 53.6 Å². The zero-order valence-electron chi connectivity index (χ0n) is 14.5. The Morgan fingerprint density at radius 3 is 2.35 bits per heavy atom. The van der Waals surface area contributed by atoms with Gasteiger partial charge >= 0.3 is 0 Å². The molecule has 0 unspecified atom stereocenters. The largest absolute Gasteiger partial charge is 0.497 e. The van der Waals surface area contributed by atoms with Gasteiger partial charge in [-0.3, -0.25) is 4.79 Å². The maximum atomic E-state index is 12.4. The third kappa shape index (κ3) is 5.06. The Kier molecular flexibility index (Phi) is 7.19. The molecule has 26 heavy (non-hydrogen) atoms. The molecule has 0 aromatic heterocycles. The maximum absolute atomic E-state index is 12.4. The average molecular weight is 442 g/mol. The minimum Gasteiger partial charge on any atom is -0.497 e. The molecule has 0 amide bonds. The molecule has 0 fully saturated rings. The van der Waals surface area contributed by atoms with Crippen LogP contribution >= 0.6 is 15.9 Å². The average Bonchev–Trinajstić information content (AvgIpc) is 2.67. The van der Waals surface area contributed by atoms with Crippen LogP contribution in [0.4, 0.5) is 0 Å². The lowest BCUT2D eigenvalue weighted by Gasteiger charge is -2.11. The number of hydrogen-bond acceptors (Lipinski definition) is 5. The number of halogens is 1. The quantitative estimate of drug-likeness (QED) is 0.477. The lowest BCUT2D eigenvalue weighted by Crippen LogP contribution is -2.26. The van der Waals surface area contributed by atoms with Crippen molar-refractivity contribution in [2.24, 2.45) is 0 Å². The fourth-order valence-corrected chi connectivity index (χ4v) is 3.73. The molecule has 2 rings (SSSR count). The SMILES string of the molecule is COc1ccc(OC)c(CCNS(=O)(=O)c2ccc(C(=O)CBr)cc2)c1. The standard InChI is InChI=1S/C18H20BrNO5S/c1-24-15-5-8-18(25-2)14(11-15)9-10-20-26(22,23)16-6-3-13(4-7-16)17(21)12-19/h3-8,11,20H,9-10,12H2,1-2H3. The van der Waals surface area contributed by atoms with Crippen molar-refractivity contribution < 1.29 is 22.7 Å². The predicted octanol–water partition coefficient (Wildman–Crippen LogP) is 2.80. The fourth-order valence-electron chi connectivity index (χ4n) is 2.38. The van der Waals surface area contributed by atoms with Gasteiger partial charge in [-0.2, -0.15) is 0 Å². The molecule has 140 valence electrons. The van der Waals surface area contributed by atoms with Gasteiger partial charge in [-0.1, -0.05) is 28.1 Å². The minimum atomic E-state index is -3.66. The number of carbonyl (C=O) groups excluding carboxylic acids is 1. The highest BCUT2D eigenvalue weighted by Gasteiger charge is 2.15. The third-order valence-corrected chi connectivity index (χ3v) is 5.77. The van der Waals surface area contributed by atoms with Crippen LogP contribution in [0.2, 0.25) is 0 Å². The predicted molar refractivity (Wildman–Crippen MR) is 103 cm³/mol. The summed E-state index contributed by atoms with van der Waals surface area (Å²) in [4.78, 5) is 11.7. The van der Waals surface area contributed by atoms with Crippen LogP contribution in [0.1, 0.15) is 15.9 Å². The van der Waals surface area contributed by atoms with Gasteiger partial charge in [-0.25, -0.2) is 13.1 Å². The molecule has 1 N–H and O–H groups in total. The molecule has 0 bridgehead atoms. The van der Waals surface area contributed by atoms with E-state index in [2.05, 4.69) is 20.7 Å². The van der Waals surface area contributed by atoms with E-state index in [0.717, 1.165) is 5.56 Å². The lowest BCUT2D eigenvalue weighted by atomic mass is 10.1. The first kappa shape index (κ1) is 20.4. The molecule has 0 aliphatic carbocycles. The molecule has 0 saturated heterocycles. The summed E-state index contributed by atoms with van der Waals surface area (Å²) in [6, 6.07) is 11.2. The number of nitrogens with one attached hydrogen (secondary N) is 1. The fraction of sp³-hybridized carbons (Fsp3) is 0.278. The van der Waals surface area contributed by atoms with E-state index in [9.17, 15) is 13.2 Å². The summed E-state index contributed by atoms with van der Waals surface area (Å²) >= 11 is 3.09. The number of ether oxygens (including phenoxy) is 2. The van der Waals surface area contributed by atoms with Crippen molar-refractivity contribution in [2.75, 3.05) is 26.1 Å². The molecule has 0 aliphatic heterocycles. The summed E-state index contributed by atoms with van der Waals surface area (Å²) in [6.07, 6.45) is 0.444. The van der Waals surface area contributed by atoms with E-state index in [1.54, 1.807) is 26.4 Å². The molecule has 6 nitrogen and oxygen atoms in total. The Labute approximate surface area is 161 Å². The van der Waals surface area contributed by atoms with Crippen molar-refractivity contribution in [2.45, 2.75) is 11.3 Å². The molecule has 0 heterocycles. The number of Topliss-reactive ketones (excluding diaryl/α,β-unsaturated/α-hetero) is 1. The summed E-state index contributed by atoms with van der Waals surface area (Å²) in [6.45, 7) is 0.202. The summed E-state index contributed by atoms with van der Waals surface area (Å²) in [5, 5.41) is 0.194. The van der Waals surface area contributed by atoms with Gasteiger partial charge < -0.3 is 9.47 Å². The van der Waals surface area contributed by atoms with E-state index >= 15 is 0 Å². The number of alkyl halides is 1. The van der Waals surface area contributed by atoms with Crippen molar-refractivity contribution in [3.63, 3.8) is 0 Å². The van der Waals surface area contributed by atoms with Gasteiger partial charge in [-0.15, -0.1) is 0 Å². The number of ketones is 1. The van der Waals surface area contributed by atoms with Gasteiger partial charge in [0.05, 0.1) is 24.4 Å². The topological polar surface area (TPSA) is 81.7 Å². The Bertz CT molecular complexity index is 866. The van der Waals surface area contributed by atoms with Crippen LogP contribution in [-0.2, 0) is 16.4 Å². The van der Waals surface area contributed by atoms with Crippen LogP contribution in [0, 0.1) is 0 Å². The van der Waals surface area contributed by atoms with Crippen molar-refractivity contribution in [1.29, 1.82) is 0 Å². The highest BCUT2D eigenvalue weighted by molar-refractivity contribution is 9.09. The van der Waals surface area contributed by atoms with Crippen LogP contribution in [0.25, 0.3) is 0 Å². The number of carbonyl (C=O) groups is 1. The van der Waals surface area contributed by atoms with Crippen molar-refractivity contribution >= 4 is 31.7 Å². The third-order valence-electron chi connectivity index (χ3n) is 3.78. The van der Waals surface area contributed by atoms with E-state index in [-0.39, 0.29) is 22.6 Å². The normalized spacial score (nSPS) is 11.2. The highest BCUT2D eigenvalue weighted by Crippen LogP contribution is 2.24. The number of benzene rings is 2. The van der Waals surface area contributed by atoms with Crippen LogP contribution in [-0.4, -0.2) is 40.3 Å². The van der Waals surface area contributed by atoms with Gasteiger partial charge in [0.1, 0.15) is 11.5 Å². The Hall–Kier alpha value is -1.90. The molecule has 0 atom stereocenters. The van der Waals surface area contributed by atoms with Gasteiger partial charge in [-0.05, 0) is 42.3 Å². The molecule has 0 radical (unpaired) electrons. The van der Waals surface area contributed by atoms with Crippen LogP contribution < -0.4 is 14.2 Å². The van der Waals surface area contributed by atoms with Crippen LogP contribution in [0.15, 0.2) is 47.4 Å². The summed E-state index contributed by atoms with van der Waals surface area (Å²) < 4.78 is 37.8. The first-order chi connectivity index (χ1) is 12.4. The Balaban J connectivity index is 2.05. The second-order valence-corrected chi connectivity index (χ2v) is 7.73. The van der Waals surface area contributed by atoms with Crippen molar-refractivity contribution in [1.82, 2.24) is 4.72 Å². The van der Waals surface area contributed by atoms with E-state index in [1.165, 1.54) is 24.3 Å². The Morgan fingerprint density at radius 2 is 1.77 bits per heavy atom. The van der Waals surface area contributed by atoms with Crippen molar-refractivity contribution in [3.8, 4) is 11.5 Å².